The van der Waals surface area contributed by atoms with Gasteiger partial charge >= 0.3 is 0 Å². The molecule has 0 fully saturated rings. The summed E-state index contributed by atoms with van der Waals surface area (Å²) in [4.78, 5) is 0. The molecule has 0 bridgehead atoms. The molecule has 0 saturated carbocycles. The summed E-state index contributed by atoms with van der Waals surface area (Å²) in [5, 5.41) is 0.568. The summed E-state index contributed by atoms with van der Waals surface area (Å²) in [5.74, 6) is -0.284. The van der Waals surface area contributed by atoms with Gasteiger partial charge in [0.25, 0.3) is 0 Å². The van der Waals surface area contributed by atoms with E-state index in [9.17, 15) is 4.39 Å². The van der Waals surface area contributed by atoms with Crippen LogP contribution in [0.1, 0.15) is 22.7 Å². The van der Waals surface area contributed by atoms with E-state index in [4.69, 9.17) is 17.3 Å². The van der Waals surface area contributed by atoms with Gasteiger partial charge in [-0.15, -0.1) is 0 Å². The van der Waals surface area contributed by atoms with Gasteiger partial charge in [0.15, 0.2) is 0 Å². The van der Waals surface area contributed by atoms with Crippen molar-refractivity contribution in [3.8, 4) is 0 Å². The molecule has 0 aromatic heterocycles. The predicted molar refractivity (Wildman–Crippen MR) is 76.3 cm³/mol. The molecule has 0 aliphatic heterocycles. The third-order valence-electron chi connectivity index (χ3n) is 2.72. The van der Waals surface area contributed by atoms with Crippen LogP contribution in [0.3, 0.4) is 0 Å². The van der Waals surface area contributed by atoms with Crippen molar-refractivity contribution < 1.29 is 4.39 Å². The van der Waals surface area contributed by atoms with Crippen molar-refractivity contribution in [3.63, 3.8) is 0 Å². The quantitative estimate of drug-likeness (QED) is 0.856. The normalized spacial score (nSPS) is 12.5. The fraction of sp³-hybridized carbons (Fsp3) is 0.143. The molecule has 2 aromatic rings. The number of halogens is 3. The highest BCUT2D eigenvalue weighted by atomic mass is 79.9. The van der Waals surface area contributed by atoms with Crippen LogP contribution in [0.4, 0.5) is 4.39 Å². The Morgan fingerprint density at radius 3 is 2.56 bits per heavy atom. The summed E-state index contributed by atoms with van der Waals surface area (Å²) in [6.45, 7) is 1.84. The molecule has 0 aliphatic rings. The predicted octanol–water partition coefficient (Wildman–Crippen LogP) is 4.60. The maximum Gasteiger partial charge on any atom is 0.123 e. The van der Waals surface area contributed by atoms with Gasteiger partial charge in [0.05, 0.1) is 6.04 Å². The van der Waals surface area contributed by atoms with Crippen molar-refractivity contribution >= 4 is 27.5 Å². The molecule has 0 aliphatic carbocycles. The van der Waals surface area contributed by atoms with Crippen LogP contribution in [-0.4, -0.2) is 0 Å². The van der Waals surface area contributed by atoms with Crippen LogP contribution in [-0.2, 0) is 0 Å². The molecule has 1 nitrogen and oxygen atoms in total. The molecular formula is C14H12BrClFN. The molecule has 18 heavy (non-hydrogen) atoms. The number of rotatable bonds is 2. The molecule has 4 heteroatoms. The van der Waals surface area contributed by atoms with E-state index in [-0.39, 0.29) is 5.82 Å². The first-order chi connectivity index (χ1) is 8.47. The Balaban J connectivity index is 2.44. The van der Waals surface area contributed by atoms with Crippen LogP contribution >= 0.6 is 27.5 Å². The minimum atomic E-state index is -0.431. The first kappa shape index (κ1) is 13.5. The zero-order valence-corrected chi connectivity index (χ0v) is 12.1. The lowest BCUT2D eigenvalue weighted by Crippen LogP contribution is -2.13. The van der Waals surface area contributed by atoms with E-state index >= 15 is 0 Å². The minimum absolute atomic E-state index is 0.284. The molecule has 0 spiro atoms. The molecule has 2 N–H and O–H groups in total. The lowest BCUT2D eigenvalue weighted by Gasteiger charge is -2.15. The second-order valence-electron chi connectivity index (χ2n) is 4.21. The van der Waals surface area contributed by atoms with Crippen LogP contribution in [0, 0.1) is 12.7 Å². The Labute approximate surface area is 119 Å². The van der Waals surface area contributed by atoms with Gasteiger partial charge in [0.1, 0.15) is 5.82 Å². The van der Waals surface area contributed by atoms with E-state index in [2.05, 4.69) is 15.9 Å². The zero-order valence-electron chi connectivity index (χ0n) is 9.75. The molecule has 0 amide bonds. The second-order valence-corrected chi connectivity index (χ2v) is 5.53. The van der Waals surface area contributed by atoms with E-state index in [1.54, 1.807) is 6.07 Å². The standard InChI is InChI=1S/C14H12BrClFN/c1-8-4-9(6-11(17)5-8)14(18)12-3-2-10(15)7-13(12)16/h2-7,14H,18H2,1H3. The number of hydrogen-bond donors (Lipinski definition) is 1. The van der Waals surface area contributed by atoms with Crippen molar-refractivity contribution in [1.29, 1.82) is 0 Å². The highest BCUT2D eigenvalue weighted by molar-refractivity contribution is 9.10. The van der Waals surface area contributed by atoms with E-state index < -0.39 is 6.04 Å². The summed E-state index contributed by atoms with van der Waals surface area (Å²) in [6, 6.07) is 9.84. The van der Waals surface area contributed by atoms with Crippen molar-refractivity contribution in [3.05, 3.63) is 68.4 Å². The lowest BCUT2D eigenvalue weighted by molar-refractivity contribution is 0.622. The van der Waals surface area contributed by atoms with E-state index in [1.807, 2.05) is 25.1 Å². The smallest absolute Gasteiger partial charge is 0.123 e. The molecule has 1 unspecified atom stereocenters. The Morgan fingerprint density at radius 2 is 1.94 bits per heavy atom. The monoisotopic (exact) mass is 327 g/mol. The van der Waals surface area contributed by atoms with Crippen LogP contribution in [0.5, 0.6) is 0 Å². The van der Waals surface area contributed by atoms with Gasteiger partial charge < -0.3 is 5.73 Å². The van der Waals surface area contributed by atoms with Gasteiger partial charge in [-0.05, 0) is 47.9 Å². The lowest BCUT2D eigenvalue weighted by atomic mass is 9.98. The number of aryl methyl sites for hydroxylation is 1. The van der Waals surface area contributed by atoms with E-state index in [1.165, 1.54) is 12.1 Å². The van der Waals surface area contributed by atoms with Crippen molar-refractivity contribution in [2.45, 2.75) is 13.0 Å². The Bertz CT molecular complexity index is 566. The number of benzene rings is 2. The molecule has 0 radical (unpaired) electrons. The summed E-state index contributed by atoms with van der Waals surface area (Å²) in [7, 11) is 0. The maximum atomic E-state index is 13.4. The van der Waals surface area contributed by atoms with Crippen molar-refractivity contribution in [2.24, 2.45) is 5.73 Å². The van der Waals surface area contributed by atoms with Gasteiger partial charge in [-0.1, -0.05) is 39.7 Å². The Kier molecular flexibility index (Phi) is 4.05. The molecule has 0 heterocycles. The topological polar surface area (TPSA) is 26.0 Å². The van der Waals surface area contributed by atoms with Gasteiger partial charge in [0.2, 0.25) is 0 Å². The van der Waals surface area contributed by atoms with Crippen LogP contribution in [0.2, 0.25) is 5.02 Å². The first-order valence-electron chi connectivity index (χ1n) is 5.45. The fourth-order valence-electron chi connectivity index (χ4n) is 1.88. The van der Waals surface area contributed by atoms with Crippen LogP contribution in [0.25, 0.3) is 0 Å². The average molecular weight is 329 g/mol. The minimum Gasteiger partial charge on any atom is -0.320 e. The van der Waals surface area contributed by atoms with Crippen LogP contribution < -0.4 is 5.73 Å². The molecule has 1 atom stereocenters. The molecule has 94 valence electrons. The van der Waals surface area contributed by atoms with E-state index in [0.29, 0.717) is 5.02 Å². The highest BCUT2D eigenvalue weighted by Crippen LogP contribution is 2.29. The molecule has 0 saturated heterocycles. The third kappa shape index (κ3) is 2.91. The summed E-state index contributed by atoms with van der Waals surface area (Å²) < 4.78 is 14.3. The highest BCUT2D eigenvalue weighted by Gasteiger charge is 2.14. The largest absolute Gasteiger partial charge is 0.320 e. The summed E-state index contributed by atoms with van der Waals surface area (Å²) in [5.41, 5.74) is 8.48. The zero-order chi connectivity index (χ0) is 13.3. The molecule has 2 aromatic carbocycles. The van der Waals surface area contributed by atoms with Crippen molar-refractivity contribution in [2.75, 3.05) is 0 Å². The maximum absolute atomic E-state index is 13.4. The van der Waals surface area contributed by atoms with Gasteiger partial charge in [-0.2, -0.15) is 0 Å². The van der Waals surface area contributed by atoms with Gasteiger partial charge in [-0.3, -0.25) is 0 Å². The molecular weight excluding hydrogens is 317 g/mol. The Hall–Kier alpha value is -0.900. The average Bonchev–Trinajstić information content (AvgIpc) is 2.26. The fourth-order valence-corrected chi connectivity index (χ4v) is 2.67. The van der Waals surface area contributed by atoms with Gasteiger partial charge in [-0.25, -0.2) is 4.39 Å². The SMILES string of the molecule is Cc1cc(F)cc(C(N)c2ccc(Br)cc2Cl)c1. The van der Waals surface area contributed by atoms with Gasteiger partial charge in [0, 0.05) is 9.50 Å². The number of nitrogens with two attached hydrogens (primary N) is 1. The van der Waals surface area contributed by atoms with Crippen LogP contribution in [0.15, 0.2) is 40.9 Å². The number of hydrogen-bond acceptors (Lipinski definition) is 1. The third-order valence-corrected chi connectivity index (χ3v) is 3.54. The summed E-state index contributed by atoms with van der Waals surface area (Å²) in [6.07, 6.45) is 0. The van der Waals surface area contributed by atoms with Crippen molar-refractivity contribution in [1.82, 2.24) is 0 Å². The second kappa shape index (κ2) is 5.39. The molecule has 2 rings (SSSR count). The van der Waals surface area contributed by atoms with E-state index in [0.717, 1.165) is 21.2 Å². The Morgan fingerprint density at radius 1 is 1.22 bits per heavy atom. The first-order valence-corrected chi connectivity index (χ1v) is 6.62. The summed E-state index contributed by atoms with van der Waals surface area (Å²) >= 11 is 9.49.